The minimum atomic E-state index is -0.173. The van der Waals surface area contributed by atoms with Crippen LogP contribution in [-0.4, -0.2) is 26.1 Å². The van der Waals surface area contributed by atoms with Gasteiger partial charge in [0.2, 0.25) is 11.7 Å². The van der Waals surface area contributed by atoms with E-state index >= 15 is 0 Å². The highest BCUT2D eigenvalue weighted by Gasteiger charge is 2.12. The van der Waals surface area contributed by atoms with E-state index in [0.717, 1.165) is 11.1 Å². The predicted octanol–water partition coefficient (Wildman–Crippen LogP) is 3.18. The Hall–Kier alpha value is -2.73. The van der Waals surface area contributed by atoms with Crippen molar-refractivity contribution < 1.29 is 4.79 Å². The molecule has 1 heterocycles. The average Bonchev–Trinajstić information content (AvgIpc) is 3.04. The molecular weight excluding hydrogens is 338 g/mol. The molecule has 3 rings (SSSR count). The Labute approximate surface area is 150 Å². The molecule has 0 saturated heterocycles. The van der Waals surface area contributed by atoms with Crippen molar-refractivity contribution >= 4 is 17.5 Å². The third kappa shape index (κ3) is 4.42. The summed E-state index contributed by atoms with van der Waals surface area (Å²) in [5.74, 6) is 0.282. The molecule has 128 valence electrons. The molecule has 1 unspecified atom stereocenters. The molecule has 3 aromatic rings. The predicted molar refractivity (Wildman–Crippen MR) is 96.0 cm³/mol. The van der Waals surface area contributed by atoms with Crippen molar-refractivity contribution in [2.24, 2.45) is 0 Å². The SMILES string of the molecule is Cc1ccc(C(C)NC(=O)Cn2nnc(-c3ccc(Cl)cc3)n2)cc1. The number of rotatable bonds is 5. The van der Waals surface area contributed by atoms with E-state index in [4.69, 9.17) is 11.6 Å². The molecule has 1 aromatic heterocycles. The van der Waals surface area contributed by atoms with Crippen molar-refractivity contribution in [3.05, 3.63) is 64.7 Å². The molecule has 0 fully saturated rings. The number of benzene rings is 2. The molecule has 0 aliphatic heterocycles. The monoisotopic (exact) mass is 355 g/mol. The van der Waals surface area contributed by atoms with Gasteiger partial charge in [0.25, 0.3) is 0 Å². The van der Waals surface area contributed by atoms with Crippen molar-refractivity contribution in [3.63, 3.8) is 0 Å². The number of hydrogen-bond acceptors (Lipinski definition) is 4. The molecule has 0 spiro atoms. The highest BCUT2D eigenvalue weighted by Crippen LogP contribution is 2.17. The lowest BCUT2D eigenvalue weighted by atomic mass is 10.1. The molecule has 0 aliphatic carbocycles. The van der Waals surface area contributed by atoms with Crippen molar-refractivity contribution in [2.75, 3.05) is 0 Å². The van der Waals surface area contributed by atoms with Crippen LogP contribution < -0.4 is 5.32 Å². The van der Waals surface area contributed by atoms with E-state index in [1.807, 2.05) is 50.2 Å². The number of carbonyl (C=O) groups is 1. The normalized spacial score (nSPS) is 12.0. The highest BCUT2D eigenvalue weighted by molar-refractivity contribution is 6.30. The average molecular weight is 356 g/mol. The molecule has 7 heteroatoms. The van der Waals surface area contributed by atoms with Gasteiger partial charge in [0.05, 0.1) is 6.04 Å². The van der Waals surface area contributed by atoms with E-state index in [1.165, 1.54) is 10.4 Å². The van der Waals surface area contributed by atoms with Gasteiger partial charge in [-0.25, -0.2) is 0 Å². The summed E-state index contributed by atoms with van der Waals surface area (Å²) in [6.45, 7) is 3.98. The first-order chi connectivity index (χ1) is 12.0. The van der Waals surface area contributed by atoms with Gasteiger partial charge in [0, 0.05) is 10.6 Å². The number of carbonyl (C=O) groups excluding carboxylic acids is 1. The summed E-state index contributed by atoms with van der Waals surface area (Å²) in [5.41, 5.74) is 3.03. The number of aryl methyl sites for hydroxylation is 1. The molecule has 2 aromatic carbocycles. The van der Waals surface area contributed by atoms with Gasteiger partial charge in [0.15, 0.2) is 0 Å². The number of aromatic nitrogens is 4. The lowest BCUT2D eigenvalue weighted by molar-refractivity contribution is -0.122. The van der Waals surface area contributed by atoms with E-state index in [0.29, 0.717) is 10.8 Å². The first-order valence-electron chi connectivity index (χ1n) is 7.91. The van der Waals surface area contributed by atoms with Gasteiger partial charge in [-0.1, -0.05) is 41.4 Å². The second kappa shape index (κ2) is 7.44. The zero-order valence-electron chi connectivity index (χ0n) is 14.0. The maximum atomic E-state index is 12.2. The van der Waals surface area contributed by atoms with Gasteiger partial charge in [-0.3, -0.25) is 4.79 Å². The third-order valence-corrected chi connectivity index (χ3v) is 4.05. The molecule has 25 heavy (non-hydrogen) atoms. The van der Waals surface area contributed by atoms with Crippen LogP contribution in [0.3, 0.4) is 0 Å². The molecule has 0 bridgehead atoms. The van der Waals surface area contributed by atoms with E-state index < -0.39 is 0 Å². The highest BCUT2D eigenvalue weighted by atomic mass is 35.5. The van der Waals surface area contributed by atoms with Crippen molar-refractivity contribution in [3.8, 4) is 11.4 Å². The Bertz CT molecular complexity index is 858. The Morgan fingerprint density at radius 1 is 1.16 bits per heavy atom. The van der Waals surface area contributed by atoms with E-state index in [9.17, 15) is 4.79 Å². The van der Waals surface area contributed by atoms with E-state index in [1.54, 1.807) is 12.1 Å². The molecule has 6 nitrogen and oxygen atoms in total. The summed E-state index contributed by atoms with van der Waals surface area (Å²) in [5, 5.41) is 15.7. The van der Waals surface area contributed by atoms with Gasteiger partial charge >= 0.3 is 0 Å². The van der Waals surface area contributed by atoms with Gasteiger partial charge in [-0.15, -0.1) is 10.2 Å². The van der Waals surface area contributed by atoms with Gasteiger partial charge < -0.3 is 5.32 Å². The summed E-state index contributed by atoms with van der Waals surface area (Å²) < 4.78 is 0. The summed E-state index contributed by atoms with van der Waals surface area (Å²) in [7, 11) is 0. The Balaban J connectivity index is 1.61. The van der Waals surface area contributed by atoms with Gasteiger partial charge in [-0.2, -0.15) is 4.80 Å². The summed E-state index contributed by atoms with van der Waals surface area (Å²) >= 11 is 5.87. The topological polar surface area (TPSA) is 72.7 Å². The fourth-order valence-corrected chi connectivity index (χ4v) is 2.50. The minimum Gasteiger partial charge on any atom is -0.348 e. The zero-order valence-corrected chi connectivity index (χ0v) is 14.7. The molecule has 1 N–H and O–H groups in total. The van der Waals surface area contributed by atoms with Crippen LogP contribution in [0.25, 0.3) is 11.4 Å². The van der Waals surface area contributed by atoms with Crippen molar-refractivity contribution in [1.82, 2.24) is 25.5 Å². The summed E-state index contributed by atoms with van der Waals surface area (Å²) in [4.78, 5) is 13.5. The number of amides is 1. The zero-order chi connectivity index (χ0) is 17.8. The second-order valence-electron chi connectivity index (χ2n) is 5.85. The summed E-state index contributed by atoms with van der Waals surface area (Å²) in [6.07, 6.45) is 0. The van der Waals surface area contributed by atoms with Crippen LogP contribution in [0.2, 0.25) is 5.02 Å². The fraction of sp³-hybridized carbons (Fsp3) is 0.222. The van der Waals surface area contributed by atoms with E-state index in [2.05, 4.69) is 20.7 Å². The molecule has 1 amide bonds. The Morgan fingerprint density at radius 2 is 1.84 bits per heavy atom. The van der Waals surface area contributed by atoms with E-state index in [-0.39, 0.29) is 18.5 Å². The molecule has 0 radical (unpaired) electrons. The number of nitrogens with zero attached hydrogens (tertiary/aromatic N) is 4. The standard InChI is InChI=1S/C18H18ClN5O/c1-12-3-5-14(6-4-12)13(2)20-17(25)11-24-22-18(21-23-24)15-7-9-16(19)10-8-15/h3-10,13H,11H2,1-2H3,(H,20,25). The Kier molecular flexibility index (Phi) is 5.09. The number of halogens is 1. The van der Waals surface area contributed by atoms with Gasteiger partial charge in [-0.05, 0) is 48.9 Å². The fourth-order valence-electron chi connectivity index (χ4n) is 2.38. The summed E-state index contributed by atoms with van der Waals surface area (Å²) in [6, 6.07) is 15.1. The smallest absolute Gasteiger partial charge is 0.244 e. The van der Waals surface area contributed by atoms with Crippen LogP contribution in [-0.2, 0) is 11.3 Å². The number of hydrogen-bond donors (Lipinski definition) is 1. The van der Waals surface area contributed by atoms with Crippen molar-refractivity contribution in [2.45, 2.75) is 26.4 Å². The van der Waals surface area contributed by atoms with Gasteiger partial charge in [0.1, 0.15) is 6.54 Å². The quantitative estimate of drug-likeness (QED) is 0.763. The van der Waals surface area contributed by atoms with Crippen LogP contribution in [0.15, 0.2) is 48.5 Å². The maximum absolute atomic E-state index is 12.2. The largest absolute Gasteiger partial charge is 0.348 e. The molecule has 1 atom stereocenters. The van der Waals surface area contributed by atoms with Crippen molar-refractivity contribution in [1.29, 1.82) is 0 Å². The first kappa shape index (κ1) is 17.1. The minimum absolute atomic E-state index is 0.0107. The molecular formula is C18H18ClN5O. The lowest BCUT2D eigenvalue weighted by Crippen LogP contribution is -2.30. The molecule has 0 saturated carbocycles. The van der Waals surface area contributed by atoms with Crippen LogP contribution >= 0.6 is 11.6 Å². The van der Waals surface area contributed by atoms with Crippen LogP contribution in [0.1, 0.15) is 24.1 Å². The third-order valence-electron chi connectivity index (χ3n) is 3.80. The number of nitrogens with one attached hydrogen (secondary N) is 1. The van der Waals surface area contributed by atoms with Crippen LogP contribution in [0.4, 0.5) is 0 Å². The lowest BCUT2D eigenvalue weighted by Gasteiger charge is -2.14. The second-order valence-corrected chi connectivity index (χ2v) is 6.29. The molecule has 0 aliphatic rings. The van der Waals surface area contributed by atoms with Crippen LogP contribution in [0.5, 0.6) is 0 Å². The number of tetrazole rings is 1. The Morgan fingerprint density at radius 3 is 2.52 bits per heavy atom. The first-order valence-corrected chi connectivity index (χ1v) is 8.29. The maximum Gasteiger partial charge on any atom is 0.244 e. The van der Waals surface area contributed by atoms with Crippen LogP contribution in [0, 0.1) is 6.92 Å².